The molecule has 0 aromatic heterocycles. The van der Waals surface area contributed by atoms with Crippen molar-refractivity contribution in [3.05, 3.63) is 35.9 Å². The van der Waals surface area contributed by atoms with Gasteiger partial charge in [-0.15, -0.1) is 0 Å². The van der Waals surface area contributed by atoms with Gasteiger partial charge < -0.3 is 43.4 Å². The molecule has 1 aromatic rings. The van der Waals surface area contributed by atoms with Crippen LogP contribution in [0.1, 0.15) is 31.2 Å². The Morgan fingerprint density at radius 1 is 0.897 bits per heavy atom. The molecule has 0 radical (unpaired) electrons. The van der Waals surface area contributed by atoms with E-state index in [0.717, 1.165) is 5.56 Å². The van der Waals surface area contributed by atoms with Gasteiger partial charge in [-0.05, 0) is 43.3 Å². The molecule has 0 aliphatic heterocycles. The number of hydrogen-bond donors (Lipinski definition) is 8. The van der Waals surface area contributed by atoms with E-state index in [-0.39, 0.29) is 31.8 Å². The van der Waals surface area contributed by atoms with E-state index in [9.17, 15) is 29.1 Å². The lowest BCUT2D eigenvalue weighted by atomic mass is 10.0. The molecular weight excluding hydrogens is 530 g/mol. The van der Waals surface area contributed by atoms with Crippen molar-refractivity contribution in [2.24, 2.45) is 22.2 Å². The van der Waals surface area contributed by atoms with Crippen LogP contribution < -0.4 is 33.2 Å². The number of rotatable bonds is 18. The molecule has 1 aromatic carbocycles. The molecule has 15 heteroatoms. The molecule has 3 amide bonds. The van der Waals surface area contributed by atoms with Crippen molar-refractivity contribution in [3.8, 4) is 0 Å². The van der Waals surface area contributed by atoms with Crippen molar-refractivity contribution >= 4 is 47.4 Å². The van der Waals surface area contributed by atoms with Crippen LogP contribution in [-0.2, 0) is 30.4 Å². The molecule has 0 heterocycles. The molecule has 0 spiro atoms. The number of carboxylic acid groups (broad SMARTS) is 2. The van der Waals surface area contributed by atoms with Crippen LogP contribution in [0.15, 0.2) is 35.3 Å². The van der Waals surface area contributed by atoms with Crippen molar-refractivity contribution in [1.82, 2.24) is 16.0 Å². The summed E-state index contributed by atoms with van der Waals surface area (Å²) in [7, 11) is 0. The van der Waals surface area contributed by atoms with Crippen LogP contribution in [0.5, 0.6) is 0 Å². The van der Waals surface area contributed by atoms with Gasteiger partial charge in [0.1, 0.15) is 18.1 Å². The number of aliphatic carboxylic acids is 2. The maximum atomic E-state index is 13.2. The highest BCUT2D eigenvalue weighted by Gasteiger charge is 2.31. The number of carbonyl (C=O) groups is 5. The lowest BCUT2D eigenvalue weighted by Gasteiger charge is -2.25. The molecule has 14 nitrogen and oxygen atoms in total. The molecule has 0 aliphatic carbocycles. The Bertz CT molecular complexity index is 1010. The Morgan fingerprint density at radius 3 is 2.00 bits per heavy atom. The van der Waals surface area contributed by atoms with Crippen LogP contribution in [0, 0.1) is 0 Å². The number of benzene rings is 1. The number of nitrogens with two attached hydrogens (primary N) is 3. The van der Waals surface area contributed by atoms with E-state index in [1.165, 1.54) is 11.8 Å². The first-order valence-corrected chi connectivity index (χ1v) is 13.5. The van der Waals surface area contributed by atoms with E-state index in [0.29, 0.717) is 12.2 Å². The van der Waals surface area contributed by atoms with Crippen molar-refractivity contribution in [3.63, 3.8) is 0 Å². The molecule has 0 saturated heterocycles. The zero-order valence-corrected chi connectivity index (χ0v) is 22.5. The maximum absolute atomic E-state index is 13.2. The fraction of sp³-hybridized carbons (Fsp3) is 0.500. The van der Waals surface area contributed by atoms with Gasteiger partial charge in [-0.1, -0.05) is 30.3 Å². The highest BCUT2D eigenvalue weighted by atomic mass is 32.2. The molecule has 0 saturated carbocycles. The summed E-state index contributed by atoms with van der Waals surface area (Å²) in [5.74, 6) is -4.80. The quantitative estimate of drug-likeness (QED) is 0.0568. The Hall–Kier alpha value is -3.85. The van der Waals surface area contributed by atoms with Crippen LogP contribution in [0.3, 0.4) is 0 Å². The van der Waals surface area contributed by atoms with Crippen LogP contribution in [-0.4, -0.2) is 88.6 Å². The predicted octanol–water partition coefficient (Wildman–Crippen LogP) is -1.62. The number of carbonyl (C=O) groups excluding carboxylic acids is 3. The number of thioether (sulfide) groups is 1. The molecule has 0 bridgehead atoms. The summed E-state index contributed by atoms with van der Waals surface area (Å²) in [4.78, 5) is 65.1. The Kier molecular flexibility index (Phi) is 15.0. The first kappa shape index (κ1) is 33.2. The molecule has 11 N–H and O–H groups in total. The van der Waals surface area contributed by atoms with Gasteiger partial charge in [-0.25, -0.2) is 4.79 Å². The molecule has 4 atom stereocenters. The first-order chi connectivity index (χ1) is 18.4. The van der Waals surface area contributed by atoms with Gasteiger partial charge in [-0.2, -0.15) is 11.8 Å². The van der Waals surface area contributed by atoms with E-state index >= 15 is 0 Å². The van der Waals surface area contributed by atoms with E-state index in [4.69, 9.17) is 22.3 Å². The van der Waals surface area contributed by atoms with Crippen molar-refractivity contribution in [2.75, 3.05) is 18.6 Å². The highest BCUT2D eigenvalue weighted by Crippen LogP contribution is 2.07. The van der Waals surface area contributed by atoms with E-state index < -0.39 is 60.2 Å². The number of aliphatic imine (C=N–C) groups is 1. The zero-order valence-electron chi connectivity index (χ0n) is 21.7. The molecular formula is C24H37N7O7S. The van der Waals surface area contributed by atoms with Gasteiger partial charge in [0, 0.05) is 6.54 Å². The van der Waals surface area contributed by atoms with Gasteiger partial charge in [0.15, 0.2) is 5.96 Å². The van der Waals surface area contributed by atoms with Crippen LogP contribution in [0.2, 0.25) is 0 Å². The minimum Gasteiger partial charge on any atom is -0.481 e. The van der Waals surface area contributed by atoms with Crippen molar-refractivity contribution in [1.29, 1.82) is 0 Å². The second-order valence-corrected chi connectivity index (χ2v) is 9.63. The fourth-order valence-corrected chi connectivity index (χ4v) is 3.91. The van der Waals surface area contributed by atoms with E-state index in [1.807, 2.05) is 30.3 Å². The van der Waals surface area contributed by atoms with Gasteiger partial charge in [0.25, 0.3) is 0 Å². The monoisotopic (exact) mass is 567 g/mol. The summed E-state index contributed by atoms with van der Waals surface area (Å²) in [5, 5.41) is 25.5. The Labute approximate surface area is 230 Å². The van der Waals surface area contributed by atoms with Crippen molar-refractivity contribution < 1.29 is 34.2 Å². The second-order valence-electron chi connectivity index (χ2n) is 8.65. The standard InChI is InChI=1S/C24H37N7O7S/c1-39-11-9-17(22(36)31-18(23(37)38)13-19(32)33)30-21(35)16(8-5-10-28-24(26)27)29-20(34)15(25)12-14-6-3-2-4-7-14/h2-4,6-7,15-18H,5,8-13,25H2,1H3,(H,29,34)(H,30,35)(H,31,36)(H,32,33)(H,37,38)(H4,26,27,28). The summed E-state index contributed by atoms with van der Waals surface area (Å²) < 4.78 is 0. The number of nitrogens with zero attached hydrogens (tertiary/aromatic N) is 1. The molecule has 216 valence electrons. The van der Waals surface area contributed by atoms with Crippen LogP contribution in [0.4, 0.5) is 0 Å². The average Bonchev–Trinajstić information content (AvgIpc) is 2.87. The van der Waals surface area contributed by atoms with E-state index in [2.05, 4.69) is 20.9 Å². The minimum atomic E-state index is -1.69. The predicted molar refractivity (Wildman–Crippen MR) is 147 cm³/mol. The summed E-state index contributed by atoms with van der Waals surface area (Å²) in [6.45, 7) is 0.184. The zero-order chi connectivity index (χ0) is 29.4. The van der Waals surface area contributed by atoms with Crippen LogP contribution >= 0.6 is 11.8 Å². The minimum absolute atomic E-state index is 0.111. The lowest BCUT2D eigenvalue weighted by Crippen LogP contribution is -2.57. The maximum Gasteiger partial charge on any atom is 0.326 e. The van der Waals surface area contributed by atoms with Gasteiger partial charge in [0.2, 0.25) is 17.7 Å². The summed E-state index contributed by atoms with van der Waals surface area (Å²) in [5.41, 5.74) is 17.6. The first-order valence-electron chi connectivity index (χ1n) is 12.1. The summed E-state index contributed by atoms with van der Waals surface area (Å²) >= 11 is 1.39. The topological polar surface area (TPSA) is 252 Å². The molecule has 1 rings (SSSR count). The Balaban J connectivity index is 3.02. The third kappa shape index (κ3) is 13.5. The number of amides is 3. The molecule has 4 unspecified atom stereocenters. The largest absolute Gasteiger partial charge is 0.481 e. The molecule has 0 fully saturated rings. The smallest absolute Gasteiger partial charge is 0.326 e. The van der Waals surface area contributed by atoms with Gasteiger partial charge in [-0.3, -0.25) is 24.2 Å². The van der Waals surface area contributed by atoms with Crippen molar-refractivity contribution in [2.45, 2.75) is 56.3 Å². The van der Waals surface area contributed by atoms with Crippen LogP contribution in [0.25, 0.3) is 0 Å². The second kappa shape index (κ2) is 17.6. The normalized spacial score (nSPS) is 13.7. The SMILES string of the molecule is CSCCC(NC(=O)C(CCCN=C(N)N)NC(=O)C(N)Cc1ccccc1)C(=O)NC(CC(=O)O)C(=O)O. The average molecular weight is 568 g/mol. The van der Waals surface area contributed by atoms with Gasteiger partial charge in [0.05, 0.1) is 12.5 Å². The number of carboxylic acids is 2. The molecule has 39 heavy (non-hydrogen) atoms. The summed E-state index contributed by atoms with van der Waals surface area (Å²) in [6, 6.07) is 4.15. The fourth-order valence-electron chi connectivity index (χ4n) is 3.44. The lowest BCUT2D eigenvalue weighted by molar-refractivity contribution is -0.147. The third-order valence-electron chi connectivity index (χ3n) is 5.45. The number of hydrogen-bond acceptors (Lipinski definition) is 8. The summed E-state index contributed by atoms with van der Waals surface area (Å²) in [6.07, 6.45) is 1.72. The Morgan fingerprint density at radius 2 is 1.46 bits per heavy atom. The number of guanidine groups is 1. The molecule has 0 aliphatic rings. The third-order valence-corrected chi connectivity index (χ3v) is 6.09. The van der Waals surface area contributed by atoms with Gasteiger partial charge >= 0.3 is 11.9 Å². The number of nitrogens with one attached hydrogen (secondary N) is 3. The highest BCUT2D eigenvalue weighted by molar-refractivity contribution is 7.98. The van der Waals surface area contributed by atoms with E-state index in [1.54, 1.807) is 6.26 Å².